The molecule has 4 N–H and O–H groups in total. The molecule has 4 nitrogen and oxygen atoms in total. The van der Waals surface area contributed by atoms with Gasteiger partial charge in [-0.3, -0.25) is 0 Å². The quantitative estimate of drug-likeness (QED) is 0.574. The van der Waals surface area contributed by atoms with Gasteiger partial charge < -0.3 is 16.2 Å². The summed E-state index contributed by atoms with van der Waals surface area (Å²) in [5, 5.41) is 11.9. The first kappa shape index (κ1) is 15.1. The van der Waals surface area contributed by atoms with Crippen molar-refractivity contribution in [3.05, 3.63) is 48.0 Å². The van der Waals surface area contributed by atoms with Gasteiger partial charge in [-0.15, -0.1) is 0 Å². The Balaban J connectivity index is 2.35. The Morgan fingerprint density at radius 1 is 1.14 bits per heavy atom. The largest absolute Gasteiger partial charge is 0.478 e. The van der Waals surface area contributed by atoms with E-state index in [0.29, 0.717) is 28.0 Å². The lowest BCUT2D eigenvalue weighted by Crippen LogP contribution is -2.05. The van der Waals surface area contributed by atoms with E-state index in [9.17, 15) is 13.6 Å². The van der Waals surface area contributed by atoms with Gasteiger partial charge in [0.25, 0.3) is 5.76 Å². The molecule has 0 bridgehead atoms. The SMILES string of the molecule is Nc1c(Nc2ccccc2SC(F)F)cccc1C(=O)O. The number of thioether (sulfide) groups is 1. The van der Waals surface area contributed by atoms with Gasteiger partial charge in [-0.05, 0) is 24.3 Å². The Morgan fingerprint density at radius 2 is 1.81 bits per heavy atom. The Labute approximate surface area is 124 Å². The smallest absolute Gasteiger partial charge is 0.337 e. The number of benzene rings is 2. The predicted molar refractivity (Wildman–Crippen MR) is 79.4 cm³/mol. The van der Waals surface area contributed by atoms with Gasteiger partial charge in [0.1, 0.15) is 0 Å². The number of carboxylic acid groups (broad SMARTS) is 1. The lowest BCUT2D eigenvalue weighted by atomic mass is 10.1. The summed E-state index contributed by atoms with van der Waals surface area (Å²) < 4.78 is 25.0. The number of nitrogen functional groups attached to an aromatic ring is 1. The minimum atomic E-state index is -2.55. The van der Waals surface area contributed by atoms with Gasteiger partial charge in [0, 0.05) is 4.90 Å². The number of nitrogens with two attached hydrogens (primary N) is 1. The van der Waals surface area contributed by atoms with Crippen molar-refractivity contribution in [1.29, 1.82) is 0 Å². The summed E-state index contributed by atoms with van der Waals surface area (Å²) >= 11 is 0.408. The van der Waals surface area contributed by atoms with E-state index in [1.807, 2.05) is 0 Å². The van der Waals surface area contributed by atoms with E-state index in [0.717, 1.165) is 0 Å². The summed E-state index contributed by atoms with van der Waals surface area (Å²) in [6, 6.07) is 11.0. The number of hydrogen-bond donors (Lipinski definition) is 3. The van der Waals surface area contributed by atoms with E-state index in [4.69, 9.17) is 10.8 Å². The second-order valence-corrected chi connectivity index (χ2v) is 5.10. The summed E-state index contributed by atoms with van der Waals surface area (Å²) in [6.45, 7) is 0. The van der Waals surface area contributed by atoms with E-state index < -0.39 is 11.7 Å². The van der Waals surface area contributed by atoms with Crippen LogP contribution in [0.5, 0.6) is 0 Å². The van der Waals surface area contributed by atoms with Crippen molar-refractivity contribution in [3.63, 3.8) is 0 Å². The van der Waals surface area contributed by atoms with Crippen LogP contribution < -0.4 is 11.1 Å². The number of nitrogens with one attached hydrogen (secondary N) is 1. The summed E-state index contributed by atoms with van der Waals surface area (Å²) in [6.07, 6.45) is 0. The fourth-order valence-electron chi connectivity index (χ4n) is 1.77. The number of aromatic carboxylic acids is 1. The molecule has 0 spiro atoms. The van der Waals surface area contributed by atoms with Crippen molar-refractivity contribution in [3.8, 4) is 0 Å². The molecular weight excluding hydrogens is 298 g/mol. The van der Waals surface area contributed by atoms with Crippen LogP contribution in [-0.4, -0.2) is 16.8 Å². The lowest BCUT2D eigenvalue weighted by Gasteiger charge is -2.14. The molecule has 0 atom stereocenters. The van der Waals surface area contributed by atoms with Crippen LogP contribution in [0.15, 0.2) is 47.4 Å². The third-order valence-corrected chi connectivity index (χ3v) is 3.50. The third-order valence-electron chi connectivity index (χ3n) is 2.71. The second kappa shape index (κ2) is 6.45. The zero-order valence-electron chi connectivity index (χ0n) is 10.7. The highest BCUT2D eigenvalue weighted by Gasteiger charge is 2.13. The van der Waals surface area contributed by atoms with Crippen LogP contribution in [0.2, 0.25) is 0 Å². The number of hydrogen-bond acceptors (Lipinski definition) is 4. The van der Waals surface area contributed by atoms with Gasteiger partial charge in [-0.2, -0.15) is 8.78 Å². The van der Waals surface area contributed by atoms with Crippen LogP contribution in [0.25, 0.3) is 0 Å². The van der Waals surface area contributed by atoms with Crippen molar-refractivity contribution in [2.24, 2.45) is 0 Å². The van der Waals surface area contributed by atoms with Crippen molar-refractivity contribution < 1.29 is 18.7 Å². The van der Waals surface area contributed by atoms with E-state index in [1.165, 1.54) is 12.1 Å². The topological polar surface area (TPSA) is 75.3 Å². The van der Waals surface area contributed by atoms with Gasteiger partial charge in [0.05, 0.1) is 22.6 Å². The lowest BCUT2D eigenvalue weighted by molar-refractivity contribution is 0.0698. The molecule has 21 heavy (non-hydrogen) atoms. The summed E-state index contributed by atoms with van der Waals surface area (Å²) in [4.78, 5) is 11.4. The molecular formula is C14H12F2N2O2S. The number of para-hydroxylation sites is 2. The Hall–Kier alpha value is -2.28. The number of alkyl halides is 2. The van der Waals surface area contributed by atoms with E-state index in [2.05, 4.69) is 5.32 Å². The molecule has 0 aliphatic carbocycles. The normalized spacial score (nSPS) is 10.6. The maximum atomic E-state index is 12.5. The highest BCUT2D eigenvalue weighted by molar-refractivity contribution is 7.99. The van der Waals surface area contributed by atoms with Crippen molar-refractivity contribution >= 4 is 34.8 Å². The maximum absolute atomic E-state index is 12.5. The highest BCUT2D eigenvalue weighted by atomic mass is 32.2. The van der Waals surface area contributed by atoms with E-state index in [-0.39, 0.29) is 11.3 Å². The molecule has 0 aliphatic rings. The maximum Gasteiger partial charge on any atom is 0.337 e. The number of carboxylic acids is 1. The molecule has 0 aliphatic heterocycles. The van der Waals surface area contributed by atoms with Gasteiger partial charge in [0.2, 0.25) is 0 Å². The molecule has 2 aromatic carbocycles. The first-order valence-electron chi connectivity index (χ1n) is 5.91. The third kappa shape index (κ3) is 3.63. The first-order valence-corrected chi connectivity index (χ1v) is 6.79. The molecule has 0 saturated heterocycles. The average molecular weight is 310 g/mol. The number of carbonyl (C=O) groups is 1. The molecule has 7 heteroatoms. The minimum absolute atomic E-state index is 0.0426. The van der Waals surface area contributed by atoms with Crippen molar-refractivity contribution in [2.75, 3.05) is 11.1 Å². The molecule has 2 aromatic rings. The number of halogens is 2. The summed E-state index contributed by atoms with van der Waals surface area (Å²) in [5.41, 5.74) is 6.60. The molecule has 0 saturated carbocycles. The molecule has 0 aromatic heterocycles. The molecule has 0 radical (unpaired) electrons. The van der Waals surface area contributed by atoms with E-state index in [1.54, 1.807) is 30.3 Å². The average Bonchev–Trinajstić information content (AvgIpc) is 2.42. The zero-order valence-corrected chi connectivity index (χ0v) is 11.5. The van der Waals surface area contributed by atoms with Gasteiger partial charge >= 0.3 is 5.97 Å². The molecule has 0 amide bonds. The minimum Gasteiger partial charge on any atom is -0.478 e. The first-order chi connectivity index (χ1) is 9.99. The zero-order chi connectivity index (χ0) is 15.4. The molecule has 110 valence electrons. The van der Waals surface area contributed by atoms with Gasteiger partial charge in [0.15, 0.2) is 0 Å². The van der Waals surface area contributed by atoms with Crippen LogP contribution in [0.1, 0.15) is 10.4 Å². The Kier molecular flexibility index (Phi) is 4.64. The molecule has 2 rings (SSSR count). The molecule has 0 heterocycles. The van der Waals surface area contributed by atoms with Gasteiger partial charge in [-0.25, -0.2) is 4.79 Å². The Morgan fingerprint density at radius 3 is 2.48 bits per heavy atom. The van der Waals surface area contributed by atoms with Crippen LogP contribution in [0.3, 0.4) is 0 Å². The molecule has 0 fully saturated rings. The fraction of sp³-hybridized carbons (Fsp3) is 0.0714. The summed E-state index contributed by atoms with van der Waals surface area (Å²) in [5.74, 6) is -3.69. The van der Waals surface area contributed by atoms with Crippen LogP contribution in [0.4, 0.5) is 25.8 Å². The van der Waals surface area contributed by atoms with Gasteiger partial charge in [-0.1, -0.05) is 30.0 Å². The predicted octanol–water partition coefficient (Wildman–Crippen LogP) is 4.03. The summed E-state index contributed by atoms with van der Waals surface area (Å²) in [7, 11) is 0. The Bertz CT molecular complexity index is 665. The van der Waals surface area contributed by atoms with Crippen molar-refractivity contribution in [1.82, 2.24) is 0 Å². The van der Waals surface area contributed by atoms with Crippen molar-refractivity contribution in [2.45, 2.75) is 10.7 Å². The van der Waals surface area contributed by atoms with Crippen LogP contribution in [-0.2, 0) is 0 Å². The fourth-order valence-corrected chi connectivity index (χ4v) is 2.37. The highest BCUT2D eigenvalue weighted by Crippen LogP contribution is 2.35. The second-order valence-electron chi connectivity index (χ2n) is 4.07. The standard InChI is InChI=1S/C14H12F2N2O2S/c15-14(16)21-11-7-2-1-5-9(11)18-10-6-3-4-8(12(10)17)13(19)20/h1-7,14,18H,17H2,(H,19,20). The number of anilines is 3. The number of rotatable bonds is 5. The van der Waals surface area contributed by atoms with Crippen LogP contribution in [0, 0.1) is 0 Å². The van der Waals surface area contributed by atoms with E-state index >= 15 is 0 Å². The monoisotopic (exact) mass is 310 g/mol. The molecule has 0 unspecified atom stereocenters. The van der Waals surface area contributed by atoms with Crippen LogP contribution >= 0.6 is 11.8 Å².